The summed E-state index contributed by atoms with van der Waals surface area (Å²) in [4.78, 5) is 12.2. The maximum Gasteiger partial charge on any atom is 0.411 e. The van der Waals surface area contributed by atoms with E-state index in [1.54, 1.807) is 0 Å². The summed E-state index contributed by atoms with van der Waals surface area (Å²) >= 11 is 0. The van der Waals surface area contributed by atoms with Crippen LogP contribution >= 0.6 is 0 Å². The monoisotopic (exact) mass is 459 g/mol. The van der Waals surface area contributed by atoms with Crippen molar-refractivity contribution in [2.24, 2.45) is 0 Å². The van der Waals surface area contributed by atoms with Crippen LogP contribution in [0, 0.1) is 11.3 Å². The van der Waals surface area contributed by atoms with Crippen molar-refractivity contribution in [3.63, 3.8) is 0 Å². The van der Waals surface area contributed by atoms with Crippen LogP contribution in [-0.2, 0) is 9.47 Å². The van der Waals surface area contributed by atoms with Crippen molar-refractivity contribution in [1.82, 2.24) is 4.57 Å². The van der Waals surface area contributed by atoms with E-state index in [9.17, 15) is 10.1 Å². The number of hydrogen-bond donors (Lipinski definition) is 1. The van der Waals surface area contributed by atoms with E-state index in [-0.39, 0.29) is 12.7 Å². The average Bonchev–Trinajstić information content (AvgIpc) is 3.44. The largest absolute Gasteiger partial charge is 0.494 e. The number of amides is 1. The molecule has 7 nitrogen and oxygen atoms in total. The van der Waals surface area contributed by atoms with Gasteiger partial charge in [-0.2, -0.15) is 5.26 Å². The molecule has 176 valence electrons. The van der Waals surface area contributed by atoms with E-state index < -0.39 is 6.09 Å². The first-order valence-electron chi connectivity index (χ1n) is 12.0. The number of ether oxygens (including phenoxy) is 3. The lowest BCUT2D eigenvalue weighted by Crippen LogP contribution is -2.21. The Bertz CT molecular complexity index is 1220. The zero-order valence-corrected chi connectivity index (χ0v) is 19.4. The quantitative estimate of drug-likeness (QED) is 0.466. The molecule has 5 rings (SSSR count). The molecule has 1 saturated heterocycles. The van der Waals surface area contributed by atoms with Crippen molar-refractivity contribution in [2.45, 2.75) is 51.2 Å². The topological polar surface area (TPSA) is 85.5 Å². The SMILES string of the molecule is CCOc1ccc2c(C#N)c(-c3ccc(NC(=O)OCC4CCCO4)cc3)n(C3CCC3)c2c1. The van der Waals surface area contributed by atoms with Crippen LogP contribution in [0.3, 0.4) is 0 Å². The summed E-state index contributed by atoms with van der Waals surface area (Å²) in [6, 6.07) is 16.3. The maximum absolute atomic E-state index is 12.2. The van der Waals surface area contributed by atoms with Crippen LogP contribution in [0.2, 0.25) is 0 Å². The van der Waals surface area contributed by atoms with Gasteiger partial charge in [0.2, 0.25) is 0 Å². The minimum absolute atomic E-state index is 0.00537. The zero-order chi connectivity index (χ0) is 23.5. The van der Waals surface area contributed by atoms with Crippen molar-refractivity contribution >= 4 is 22.7 Å². The minimum atomic E-state index is -0.493. The van der Waals surface area contributed by atoms with Crippen molar-refractivity contribution in [3.05, 3.63) is 48.0 Å². The number of rotatable bonds is 7. The van der Waals surface area contributed by atoms with Gasteiger partial charge >= 0.3 is 6.09 Å². The Morgan fingerprint density at radius 3 is 2.65 bits per heavy atom. The van der Waals surface area contributed by atoms with Crippen LogP contribution in [0.15, 0.2) is 42.5 Å². The van der Waals surface area contributed by atoms with Crippen LogP contribution in [0.1, 0.15) is 50.6 Å². The number of nitrogens with zero attached hydrogens (tertiary/aromatic N) is 2. The molecule has 1 saturated carbocycles. The first-order valence-corrected chi connectivity index (χ1v) is 12.0. The van der Waals surface area contributed by atoms with E-state index in [1.165, 1.54) is 6.42 Å². The maximum atomic E-state index is 12.2. The molecule has 34 heavy (non-hydrogen) atoms. The van der Waals surface area contributed by atoms with Crippen molar-refractivity contribution in [1.29, 1.82) is 5.26 Å². The lowest BCUT2D eigenvalue weighted by Gasteiger charge is -2.30. The molecule has 2 aromatic carbocycles. The average molecular weight is 460 g/mol. The third-order valence-electron chi connectivity index (χ3n) is 6.67. The van der Waals surface area contributed by atoms with Crippen molar-refractivity contribution in [2.75, 3.05) is 25.1 Å². The van der Waals surface area contributed by atoms with Gasteiger partial charge in [0.15, 0.2) is 0 Å². The molecule has 1 N–H and O–H groups in total. The number of fused-ring (bicyclic) bond motifs is 1. The van der Waals surface area contributed by atoms with Crippen LogP contribution in [0.5, 0.6) is 5.75 Å². The molecular formula is C27H29N3O4. The van der Waals surface area contributed by atoms with Crippen LogP contribution in [-0.4, -0.2) is 36.6 Å². The fourth-order valence-electron chi connectivity index (χ4n) is 4.78. The zero-order valence-electron chi connectivity index (χ0n) is 19.4. The normalized spacial score (nSPS) is 17.8. The molecule has 1 aliphatic heterocycles. The first kappa shape index (κ1) is 22.3. The Hall–Kier alpha value is -3.50. The Kier molecular flexibility index (Phi) is 6.41. The van der Waals surface area contributed by atoms with E-state index in [0.717, 1.165) is 60.2 Å². The fraction of sp³-hybridized carbons (Fsp3) is 0.407. The molecule has 0 radical (unpaired) electrons. The summed E-state index contributed by atoms with van der Waals surface area (Å²) in [6.07, 6.45) is 4.81. The molecule has 2 fully saturated rings. The molecule has 3 aromatic rings. The summed E-state index contributed by atoms with van der Waals surface area (Å²) in [5, 5.41) is 13.8. The van der Waals surface area contributed by atoms with Crippen molar-refractivity contribution < 1.29 is 19.0 Å². The Labute approximate surface area is 199 Å². The standard InChI is InChI=1S/C27H29N3O4/c1-2-32-21-12-13-23-24(16-28)26(30(25(23)15-21)20-5-3-6-20)18-8-10-19(11-9-18)29-27(31)34-17-22-7-4-14-33-22/h8-13,15,20,22H,2-7,14,17H2,1H3,(H,29,31). The van der Waals surface area contributed by atoms with E-state index in [2.05, 4.69) is 16.0 Å². The number of anilines is 1. The molecule has 1 amide bonds. The molecule has 1 atom stereocenters. The Morgan fingerprint density at radius 1 is 1.18 bits per heavy atom. The number of hydrogen-bond acceptors (Lipinski definition) is 5. The lowest BCUT2D eigenvalue weighted by molar-refractivity contribution is 0.0484. The van der Waals surface area contributed by atoms with Gasteiger partial charge in [-0.15, -0.1) is 0 Å². The molecule has 1 unspecified atom stereocenters. The molecule has 1 aromatic heterocycles. The third kappa shape index (κ3) is 4.34. The number of aromatic nitrogens is 1. The predicted molar refractivity (Wildman–Crippen MR) is 130 cm³/mol. The summed E-state index contributed by atoms with van der Waals surface area (Å²) in [6.45, 7) is 3.56. The summed E-state index contributed by atoms with van der Waals surface area (Å²) in [7, 11) is 0. The smallest absolute Gasteiger partial charge is 0.411 e. The Morgan fingerprint density at radius 2 is 2.00 bits per heavy atom. The highest BCUT2D eigenvalue weighted by Crippen LogP contribution is 2.43. The van der Waals surface area contributed by atoms with Crippen LogP contribution < -0.4 is 10.1 Å². The van der Waals surface area contributed by atoms with Crippen LogP contribution in [0.4, 0.5) is 10.5 Å². The lowest BCUT2D eigenvalue weighted by atomic mass is 9.92. The molecule has 7 heteroatoms. The van der Waals surface area contributed by atoms with Gasteiger partial charge < -0.3 is 18.8 Å². The molecule has 2 aliphatic rings. The first-order chi connectivity index (χ1) is 16.7. The van der Waals surface area contributed by atoms with Gasteiger partial charge in [0.05, 0.1) is 29.5 Å². The fourth-order valence-corrected chi connectivity index (χ4v) is 4.78. The van der Waals surface area contributed by atoms with Gasteiger partial charge in [0.25, 0.3) is 0 Å². The van der Waals surface area contributed by atoms with Gasteiger partial charge in [-0.1, -0.05) is 12.1 Å². The number of carbonyl (C=O) groups is 1. The van der Waals surface area contributed by atoms with Gasteiger partial charge in [0.1, 0.15) is 18.4 Å². The number of benzene rings is 2. The summed E-state index contributed by atoms with van der Waals surface area (Å²) in [5.74, 6) is 0.810. The highest BCUT2D eigenvalue weighted by atomic mass is 16.6. The van der Waals surface area contributed by atoms with E-state index in [0.29, 0.717) is 23.9 Å². The van der Waals surface area contributed by atoms with Gasteiger partial charge in [-0.25, -0.2) is 4.79 Å². The Balaban J connectivity index is 1.42. The second-order valence-electron chi connectivity index (χ2n) is 8.84. The van der Waals surface area contributed by atoms with Gasteiger partial charge in [0, 0.05) is 29.8 Å². The summed E-state index contributed by atoms with van der Waals surface area (Å²) < 4.78 is 18.8. The summed E-state index contributed by atoms with van der Waals surface area (Å²) in [5.41, 5.74) is 4.20. The predicted octanol–water partition coefficient (Wildman–Crippen LogP) is 6.03. The highest BCUT2D eigenvalue weighted by molar-refractivity contribution is 5.96. The number of nitrogens with one attached hydrogen (secondary N) is 1. The number of nitriles is 1. The molecule has 0 spiro atoms. The van der Waals surface area contributed by atoms with Crippen molar-refractivity contribution in [3.8, 4) is 23.1 Å². The molecular weight excluding hydrogens is 430 g/mol. The van der Waals surface area contributed by atoms with E-state index >= 15 is 0 Å². The molecule has 2 heterocycles. The second-order valence-corrected chi connectivity index (χ2v) is 8.84. The van der Waals surface area contributed by atoms with Crippen LogP contribution in [0.25, 0.3) is 22.2 Å². The minimum Gasteiger partial charge on any atom is -0.494 e. The number of carbonyl (C=O) groups excluding carboxylic acids is 1. The van der Waals surface area contributed by atoms with E-state index in [1.807, 2.05) is 49.4 Å². The van der Waals surface area contributed by atoms with Gasteiger partial charge in [-0.3, -0.25) is 5.32 Å². The molecule has 1 aliphatic carbocycles. The van der Waals surface area contributed by atoms with Gasteiger partial charge in [-0.05, 0) is 68.9 Å². The highest BCUT2D eigenvalue weighted by Gasteiger charge is 2.28. The van der Waals surface area contributed by atoms with E-state index in [4.69, 9.17) is 14.2 Å². The molecule has 0 bridgehead atoms. The third-order valence-corrected chi connectivity index (χ3v) is 6.67. The second kappa shape index (κ2) is 9.78.